The summed E-state index contributed by atoms with van der Waals surface area (Å²) in [5.74, 6) is -0.110. The lowest BCUT2D eigenvalue weighted by Gasteiger charge is -2.30. The molecule has 1 N–H and O–H groups in total. The highest BCUT2D eigenvalue weighted by Crippen LogP contribution is 2.27. The molecule has 2 rings (SSSR count). The van der Waals surface area contributed by atoms with E-state index < -0.39 is 10.0 Å². The molecule has 0 aliphatic heterocycles. The molecule has 0 aromatic carbocycles. The predicted molar refractivity (Wildman–Crippen MR) is 71.8 cm³/mol. The molecule has 0 bridgehead atoms. The predicted octanol–water partition coefficient (Wildman–Crippen LogP) is 1.77. The minimum Gasteiger partial charge on any atom is -0.364 e. The standard InChI is InChI=1S/C11H18N2O3S2/c1-17-11-5-3-2-4-10(11)13-18(14,15)8-9-6-7-16-12-9/h6-7,10-11,13H,2-5,8H2,1H3/t10-,11+/m1/s1. The topological polar surface area (TPSA) is 72.2 Å². The van der Waals surface area contributed by atoms with Crippen LogP contribution in [-0.4, -0.2) is 31.1 Å². The molecule has 1 aliphatic carbocycles. The lowest BCUT2D eigenvalue weighted by molar-refractivity contribution is 0.411. The Kier molecular flexibility index (Phi) is 4.69. The minimum absolute atomic E-state index is 0.0469. The van der Waals surface area contributed by atoms with Crippen LogP contribution >= 0.6 is 11.8 Å². The number of hydrogen-bond donors (Lipinski definition) is 1. The highest BCUT2D eigenvalue weighted by atomic mass is 32.2. The van der Waals surface area contributed by atoms with Gasteiger partial charge in [-0.3, -0.25) is 0 Å². The van der Waals surface area contributed by atoms with Crippen molar-refractivity contribution in [1.82, 2.24) is 9.88 Å². The summed E-state index contributed by atoms with van der Waals surface area (Å²) in [6.07, 6.45) is 7.70. The maximum absolute atomic E-state index is 12.0. The van der Waals surface area contributed by atoms with Crippen molar-refractivity contribution in [3.63, 3.8) is 0 Å². The van der Waals surface area contributed by atoms with Gasteiger partial charge in [0.05, 0.1) is 5.69 Å². The van der Waals surface area contributed by atoms with E-state index in [-0.39, 0.29) is 11.8 Å². The second-order valence-corrected chi connectivity index (χ2v) is 7.36. The van der Waals surface area contributed by atoms with Crippen LogP contribution in [0.5, 0.6) is 0 Å². The molecule has 0 saturated heterocycles. The fraction of sp³-hybridized carbons (Fsp3) is 0.727. The van der Waals surface area contributed by atoms with Crippen LogP contribution in [0.15, 0.2) is 16.9 Å². The Morgan fingerprint density at radius 1 is 1.50 bits per heavy atom. The Bertz CT molecular complexity index is 459. The van der Waals surface area contributed by atoms with Gasteiger partial charge in [0.1, 0.15) is 12.0 Å². The van der Waals surface area contributed by atoms with Crippen LogP contribution in [0.1, 0.15) is 31.4 Å². The molecule has 7 heteroatoms. The van der Waals surface area contributed by atoms with Crippen LogP contribution in [0.4, 0.5) is 0 Å². The average molecular weight is 290 g/mol. The molecule has 1 aromatic rings. The normalized spacial score (nSPS) is 25.2. The SMILES string of the molecule is CS[C@H]1CCCC[C@H]1NS(=O)(=O)Cc1ccon1. The van der Waals surface area contributed by atoms with E-state index in [1.54, 1.807) is 17.8 Å². The second kappa shape index (κ2) is 6.08. The maximum Gasteiger partial charge on any atom is 0.217 e. The summed E-state index contributed by atoms with van der Waals surface area (Å²) in [6.45, 7) is 0. The number of thioether (sulfide) groups is 1. The van der Waals surface area contributed by atoms with E-state index in [1.165, 1.54) is 12.7 Å². The highest BCUT2D eigenvalue weighted by Gasteiger charge is 2.28. The van der Waals surface area contributed by atoms with E-state index >= 15 is 0 Å². The van der Waals surface area contributed by atoms with Crippen molar-refractivity contribution in [3.8, 4) is 0 Å². The highest BCUT2D eigenvalue weighted by molar-refractivity contribution is 7.99. The van der Waals surface area contributed by atoms with Gasteiger partial charge in [-0.15, -0.1) is 0 Å². The first kappa shape index (κ1) is 13.9. The van der Waals surface area contributed by atoms with Crippen LogP contribution in [0, 0.1) is 0 Å². The Balaban J connectivity index is 1.98. The Hall–Kier alpha value is -0.530. The molecule has 1 heterocycles. The van der Waals surface area contributed by atoms with Gasteiger partial charge in [-0.05, 0) is 19.1 Å². The van der Waals surface area contributed by atoms with Gasteiger partial charge in [-0.2, -0.15) is 11.8 Å². The minimum atomic E-state index is -3.33. The smallest absolute Gasteiger partial charge is 0.217 e. The molecule has 1 saturated carbocycles. The molecule has 5 nitrogen and oxygen atoms in total. The van der Waals surface area contributed by atoms with Crippen molar-refractivity contribution in [3.05, 3.63) is 18.0 Å². The van der Waals surface area contributed by atoms with Crippen LogP contribution in [0.2, 0.25) is 0 Å². The number of aromatic nitrogens is 1. The molecular formula is C11H18N2O3S2. The fourth-order valence-electron chi connectivity index (χ4n) is 2.29. The molecule has 1 fully saturated rings. The van der Waals surface area contributed by atoms with Crippen molar-refractivity contribution >= 4 is 21.8 Å². The van der Waals surface area contributed by atoms with E-state index in [0.29, 0.717) is 10.9 Å². The van der Waals surface area contributed by atoms with Crippen LogP contribution in [-0.2, 0) is 15.8 Å². The quantitative estimate of drug-likeness (QED) is 0.894. The third kappa shape index (κ3) is 3.73. The largest absolute Gasteiger partial charge is 0.364 e. The van der Waals surface area contributed by atoms with E-state index in [2.05, 4.69) is 14.4 Å². The summed E-state index contributed by atoms with van der Waals surface area (Å²) in [5, 5.41) is 4.01. The van der Waals surface area contributed by atoms with Gasteiger partial charge in [0, 0.05) is 17.4 Å². The van der Waals surface area contributed by atoms with E-state index in [0.717, 1.165) is 19.3 Å². The third-order valence-electron chi connectivity index (χ3n) is 3.17. The van der Waals surface area contributed by atoms with Crippen molar-refractivity contribution < 1.29 is 12.9 Å². The van der Waals surface area contributed by atoms with Gasteiger partial charge >= 0.3 is 0 Å². The van der Waals surface area contributed by atoms with Gasteiger partial charge in [0.2, 0.25) is 10.0 Å². The van der Waals surface area contributed by atoms with Gasteiger partial charge < -0.3 is 4.52 Å². The Morgan fingerprint density at radius 2 is 2.28 bits per heavy atom. The molecule has 0 amide bonds. The van der Waals surface area contributed by atoms with Gasteiger partial charge in [-0.1, -0.05) is 18.0 Å². The number of sulfonamides is 1. The van der Waals surface area contributed by atoms with Gasteiger partial charge in [0.15, 0.2) is 0 Å². The summed E-state index contributed by atoms with van der Waals surface area (Å²) in [7, 11) is -3.33. The zero-order valence-electron chi connectivity index (χ0n) is 10.3. The van der Waals surface area contributed by atoms with Crippen LogP contribution < -0.4 is 4.72 Å². The number of rotatable bonds is 5. The summed E-state index contributed by atoms with van der Waals surface area (Å²) in [5.41, 5.74) is 0.444. The number of hydrogen-bond acceptors (Lipinski definition) is 5. The summed E-state index contributed by atoms with van der Waals surface area (Å²) < 4.78 is 31.5. The molecule has 18 heavy (non-hydrogen) atoms. The van der Waals surface area contributed by atoms with E-state index in [1.807, 2.05) is 6.26 Å². The first-order valence-electron chi connectivity index (χ1n) is 6.03. The fourth-order valence-corrected chi connectivity index (χ4v) is 4.68. The van der Waals surface area contributed by atoms with Crippen molar-refractivity contribution in [1.29, 1.82) is 0 Å². The molecule has 102 valence electrons. The molecule has 0 spiro atoms. The zero-order valence-corrected chi connectivity index (χ0v) is 12.0. The van der Waals surface area contributed by atoms with Crippen LogP contribution in [0.3, 0.4) is 0 Å². The van der Waals surface area contributed by atoms with E-state index in [9.17, 15) is 8.42 Å². The lowest BCUT2D eigenvalue weighted by atomic mass is 9.96. The zero-order chi connectivity index (χ0) is 13.0. The number of nitrogens with zero attached hydrogens (tertiary/aromatic N) is 1. The average Bonchev–Trinajstić information content (AvgIpc) is 2.81. The first-order valence-corrected chi connectivity index (χ1v) is 8.97. The summed E-state index contributed by atoms with van der Waals surface area (Å²) >= 11 is 1.74. The molecule has 0 radical (unpaired) electrons. The van der Waals surface area contributed by atoms with Gasteiger partial charge in [-0.25, -0.2) is 13.1 Å². The Labute approximate surface area is 112 Å². The molecular weight excluding hydrogens is 272 g/mol. The van der Waals surface area contributed by atoms with Crippen molar-refractivity contribution in [2.24, 2.45) is 0 Å². The summed E-state index contributed by atoms with van der Waals surface area (Å²) in [6, 6.07) is 1.62. The molecule has 0 unspecified atom stereocenters. The van der Waals surface area contributed by atoms with Gasteiger partial charge in [0.25, 0.3) is 0 Å². The maximum atomic E-state index is 12.0. The van der Waals surface area contributed by atoms with E-state index in [4.69, 9.17) is 0 Å². The van der Waals surface area contributed by atoms with Crippen molar-refractivity contribution in [2.45, 2.75) is 42.7 Å². The first-order chi connectivity index (χ1) is 8.61. The number of nitrogens with one attached hydrogen (secondary N) is 1. The summed E-state index contributed by atoms with van der Waals surface area (Å²) in [4.78, 5) is 0. The third-order valence-corrected chi connectivity index (χ3v) is 5.67. The molecule has 2 atom stereocenters. The Morgan fingerprint density at radius 3 is 2.94 bits per heavy atom. The monoisotopic (exact) mass is 290 g/mol. The molecule has 1 aliphatic rings. The van der Waals surface area contributed by atoms with Crippen molar-refractivity contribution in [2.75, 3.05) is 6.26 Å². The second-order valence-electron chi connectivity index (χ2n) is 4.53. The van der Waals surface area contributed by atoms with Crippen LogP contribution in [0.25, 0.3) is 0 Å². The molecule has 1 aromatic heterocycles. The lowest BCUT2D eigenvalue weighted by Crippen LogP contribution is -2.44.